The molecule has 1 heterocycles. The summed E-state index contributed by atoms with van der Waals surface area (Å²) in [5.41, 5.74) is 6.05. The van der Waals surface area contributed by atoms with Gasteiger partial charge in [0.25, 0.3) is 0 Å². The van der Waals surface area contributed by atoms with Gasteiger partial charge in [-0.05, 0) is 73.2 Å². The van der Waals surface area contributed by atoms with Gasteiger partial charge in [-0.2, -0.15) is 0 Å². The zero-order chi connectivity index (χ0) is 20.9. The number of nitrogens with zero attached hydrogens (tertiary/aromatic N) is 1. The van der Waals surface area contributed by atoms with Crippen LogP contribution in [0, 0.1) is 6.92 Å². The molecule has 0 aliphatic carbocycles. The number of ketones is 1. The van der Waals surface area contributed by atoms with Crippen LogP contribution in [0.4, 0.5) is 0 Å². The van der Waals surface area contributed by atoms with E-state index < -0.39 is 0 Å². The van der Waals surface area contributed by atoms with E-state index in [-0.39, 0.29) is 5.78 Å². The Balaban J connectivity index is 1.38. The number of aryl methyl sites for hydroxylation is 1. The zero-order valence-corrected chi connectivity index (χ0v) is 17.8. The van der Waals surface area contributed by atoms with Gasteiger partial charge in [0.15, 0.2) is 5.78 Å². The molecule has 0 spiro atoms. The topological polar surface area (TPSA) is 29.5 Å². The number of carbonyl (C=O) groups is 1. The van der Waals surface area contributed by atoms with Crippen molar-refractivity contribution in [2.24, 2.45) is 0 Å². The molecule has 0 unspecified atom stereocenters. The molecule has 1 fully saturated rings. The number of ether oxygens (including phenoxy) is 1. The molecule has 0 bridgehead atoms. The molecule has 0 saturated carbocycles. The van der Waals surface area contributed by atoms with Crippen LogP contribution in [0.25, 0.3) is 11.1 Å². The fourth-order valence-electron chi connectivity index (χ4n) is 4.42. The second-order valence-electron chi connectivity index (χ2n) is 8.14. The Hall–Kier alpha value is -2.91. The van der Waals surface area contributed by atoms with E-state index in [0.717, 1.165) is 37.2 Å². The molecule has 154 valence electrons. The number of Topliss-reactive ketones (excluding diaryl/α,β-unsaturated/α-hetero) is 1. The van der Waals surface area contributed by atoms with Crippen molar-refractivity contribution in [2.75, 3.05) is 26.7 Å². The minimum atomic E-state index is 0.217. The maximum Gasteiger partial charge on any atom is 0.176 e. The fraction of sp³-hybridized carbons (Fsp3) is 0.296. The summed E-state index contributed by atoms with van der Waals surface area (Å²) < 4.78 is 5.26. The molecule has 0 amide bonds. The number of hydrogen-bond acceptors (Lipinski definition) is 3. The van der Waals surface area contributed by atoms with Gasteiger partial charge in [-0.25, -0.2) is 0 Å². The summed E-state index contributed by atoms with van der Waals surface area (Å²) in [6.45, 7) is 4.69. The molecule has 3 aromatic carbocycles. The molecule has 1 aliphatic heterocycles. The molecule has 1 aliphatic rings. The summed E-state index contributed by atoms with van der Waals surface area (Å²) >= 11 is 0. The van der Waals surface area contributed by atoms with E-state index in [0.29, 0.717) is 12.5 Å². The van der Waals surface area contributed by atoms with Gasteiger partial charge in [0.05, 0.1) is 13.7 Å². The van der Waals surface area contributed by atoms with Crippen molar-refractivity contribution in [1.29, 1.82) is 0 Å². The minimum Gasteiger partial charge on any atom is -0.497 e. The lowest BCUT2D eigenvalue weighted by atomic mass is 9.85. The second-order valence-corrected chi connectivity index (χ2v) is 8.14. The molecule has 0 radical (unpaired) electrons. The van der Waals surface area contributed by atoms with Gasteiger partial charge in [0.2, 0.25) is 0 Å². The van der Waals surface area contributed by atoms with Gasteiger partial charge in [-0.1, -0.05) is 60.7 Å². The highest BCUT2D eigenvalue weighted by Gasteiger charge is 2.23. The molecule has 30 heavy (non-hydrogen) atoms. The average molecular weight is 400 g/mol. The van der Waals surface area contributed by atoms with Gasteiger partial charge in [-0.15, -0.1) is 0 Å². The van der Waals surface area contributed by atoms with Crippen LogP contribution in [-0.2, 0) is 0 Å². The van der Waals surface area contributed by atoms with Crippen LogP contribution in [0.1, 0.15) is 40.2 Å². The van der Waals surface area contributed by atoms with E-state index in [9.17, 15) is 4.79 Å². The Bertz CT molecular complexity index is 987. The lowest BCUT2D eigenvalue weighted by molar-refractivity contribution is 0.0909. The number of methoxy groups -OCH3 is 1. The van der Waals surface area contributed by atoms with Crippen molar-refractivity contribution in [3.05, 3.63) is 89.5 Å². The smallest absolute Gasteiger partial charge is 0.176 e. The predicted molar refractivity (Wildman–Crippen MR) is 122 cm³/mol. The molecule has 0 aromatic heterocycles. The van der Waals surface area contributed by atoms with Crippen molar-refractivity contribution in [1.82, 2.24) is 4.90 Å². The molecular weight excluding hydrogens is 370 g/mol. The quantitative estimate of drug-likeness (QED) is 0.496. The maximum absolute atomic E-state index is 12.5. The van der Waals surface area contributed by atoms with E-state index >= 15 is 0 Å². The first kappa shape index (κ1) is 20.4. The molecule has 0 atom stereocenters. The highest BCUT2D eigenvalue weighted by molar-refractivity contribution is 5.97. The van der Waals surface area contributed by atoms with Crippen molar-refractivity contribution in [3.63, 3.8) is 0 Å². The number of hydrogen-bond donors (Lipinski definition) is 0. The standard InChI is InChI=1S/C27H29NO2/c1-20-18-24(21-8-11-25(30-2)12-9-21)10-13-26(20)22-14-16-28(17-15-22)19-27(29)23-6-4-3-5-7-23/h3-13,18,22H,14-17,19H2,1-2H3. The largest absolute Gasteiger partial charge is 0.497 e. The molecule has 1 saturated heterocycles. The molecule has 3 heteroatoms. The summed E-state index contributed by atoms with van der Waals surface area (Å²) in [7, 11) is 1.69. The molecule has 0 N–H and O–H groups in total. The third kappa shape index (κ3) is 4.63. The van der Waals surface area contributed by atoms with Gasteiger partial charge in [0.1, 0.15) is 5.75 Å². The Labute approximate surface area is 179 Å². The van der Waals surface area contributed by atoms with Gasteiger partial charge >= 0.3 is 0 Å². The normalized spacial score (nSPS) is 15.1. The zero-order valence-electron chi connectivity index (χ0n) is 17.8. The maximum atomic E-state index is 12.5. The third-order valence-electron chi connectivity index (χ3n) is 6.18. The van der Waals surface area contributed by atoms with Crippen molar-refractivity contribution in [2.45, 2.75) is 25.7 Å². The van der Waals surface area contributed by atoms with Crippen LogP contribution in [0.3, 0.4) is 0 Å². The lowest BCUT2D eigenvalue weighted by Gasteiger charge is -2.32. The third-order valence-corrected chi connectivity index (χ3v) is 6.18. The van der Waals surface area contributed by atoms with E-state index in [1.54, 1.807) is 7.11 Å². The van der Waals surface area contributed by atoms with E-state index in [1.807, 2.05) is 42.5 Å². The predicted octanol–water partition coefficient (Wildman–Crippen LogP) is 5.73. The van der Waals surface area contributed by atoms with E-state index in [2.05, 4.69) is 42.2 Å². The van der Waals surface area contributed by atoms with Gasteiger partial charge in [-0.3, -0.25) is 9.69 Å². The SMILES string of the molecule is COc1ccc(-c2ccc(C3CCN(CC(=O)c4ccccc4)CC3)c(C)c2)cc1. The van der Waals surface area contributed by atoms with Crippen LogP contribution < -0.4 is 4.74 Å². The summed E-state index contributed by atoms with van der Waals surface area (Å²) in [5.74, 6) is 1.66. The van der Waals surface area contributed by atoms with Crippen molar-refractivity contribution >= 4 is 5.78 Å². The first-order chi connectivity index (χ1) is 14.6. The van der Waals surface area contributed by atoms with E-state index in [1.165, 1.54) is 22.3 Å². The van der Waals surface area contributed by atoms with Crippen LogP contribution in [0.2, 0.25) is 0 Å². The number of likely N-dealkylation sites (tertiary alicyclic amines) is 1. The van der Waals surface area contributed by atoms with Crippen LogP contribution >= 0.6 is 0 Å². The van der Waals surface area contributed by atoms with E-state index in [4.69, 9.17) is 4.74 Å². The highest BCUT2D eigenvalue weighted by Crippen LogP contribution is 2.33. The number of carbonyl (C=O) groups excluding carboxylic acids is 1. The number of piperidine rings is 1. The fourth-order valence-corrected chi connectivity index (χ4v) is 4.42. The first-order valence-electron chi connectivity index (χ1n) is 10.7. The van der Waals surface area contributed by atoms with Gasteiger partial charge < -0.3 is 4.74 Å². The lowest BCUT2D eigenvalue weighted by Crippen LogP contribution is -2.36. The Morgan fingerprint density at radius 3 is 2.23 bits per heavy atom. The van der Waals surface area contributed by atoms with Crippen LogP contribution in [0.15, 0.2) is 72.8 Å². The first-order valence-corrected chi connectivity index (χ1v) is 10.7. The summed E-state index contributed by atoms with van der Waals surface area (Å²) in [6.07, 6.45) is 2.20. The van der Waals surface area contributed by atoms with Crippen LogP contribution in [0.5, 0.6) is 5.75 Å². The van der Waals surface area contributed by atoms with Gasteiger partial charge in [0, 0.05) is 5.56 Å². The monoisotopic (exact) mass is 399 g/mol. The Morgan fingerprint density at radius 2 is 1.60 bits per heavy atom. The average Bonchev–Trinajstić information content (AvgIpc) is 2.80. The highest BCUT2D eigenvalue weighted by atomic mass is 16.5. The molecule has 4 rings (SSSR count). The molecule has 3 nitrogen and oxygen atoms in total. The number of rotatable bonds is 6. The second kappa shape index (κ2) is 9.27. The summed E-state index contributed by atoms with van der Waals surface area (Å²) in [6, 6.07) is 24.7. The minimum absolute atomic E-state index is 0.217. The summed E-state index contributed by atoms with van der Waals surface area (Å²) in [4.78, 5) is 14.8. The Kier molecular flexibility index (Phi) is 6.29. The molecular formula is C27H29NO2. The molecule has 3 aromatic rings. The van der Waals surface area contributed by atoms with Crippen molar-refractivity contribution < 1.29 is 9.53 Å². The van der Waals surface area contributed by atoms with Crippen LogP contribution in [-0.4, -0.2) is 37.4 Å². The number of benzene rings is 3. The van der Waals surface area contributed by atoms with Crippen molar-refractivity contribution in [3.8, 4) is 16.9 Å². The summed E-state index contributed by atoms with van der Waals surface area (Å²) in [5, 5.41) is 0. The Morgan fingerprint density at radius 1 is 0.933 bits per heavy atom.